The smallest absolute Gasteiger partial charge is 0.405 e. The van der Waals surface area contributed by atoms with Crippen LogP contribution in [0, 0.1) is 0 Å². The first kappa shape index (κ1) is 28.3. The number of para-hydroxylation sites is 1. The second-order valence-corrected chi connectivity index (χ2v) is 12.3. The molecule has 3 aromatic heterocycles. The largest absolute Gasteiger partial charge is 0.444 e. The van der Waals surface area contributed by atoms with Gasteiger partial charge < -0.3 is 15.4 Å². The maximum Gasteiger partial charge on any atom is 0.405 e. The second-order valence-electron chi connectivity index (χ2n) is 12.3. The van der Waals surface area contributed by atoms with Gasteiger partial charge in [0, 0.05) is 29.0 Å². The molecule has 6 rings (SSSR count). The Kier molecular flexibility index (Phi) is 7.11. The summed E-state index contributed by atoms with van der Waals surface area (Å²) in [5, 5.41) is 8.45. The van der Waals surface area contributed by atoms with Crippen molar-refractivity contribution in [2.24, 2.45) is 5.73 Å². The molecule has 2 aliphatic rings. The van der Waals surface area contributed by atoms with E-state index < -0.39 is 11.7 Å². The number of aryl methyl sites for hydroxylation is 1. The Balaban J connectivity index is 1.35. The van der Waals surface area contributed by atoms with Crippen molar-refractivity contribution in [2.45, 2.75) is 71.1 Å². The number of carbonyl (C=O) groups is 2. The summed E-state index contributed by atoms with van der Waals surface area (Å²) in [7, 11) is 0. The van der Waals surface area contributed by atoms with Gasteiger partial charge in [0.1, 0.15) is 29.3 Å². The summed E-state index contributed by atoms with van der Waals surface area (Å²) in [6, 6.07) is 17.3. The molecule has 11 nitrogen and oxygen atoms in total. The van der Waals surface area contributed by atoms with Crippen LogP contribution >= 0.6 is 0 Å². The lowest BCUT2D eigenvalue weighted by atomic mass is 9.97. The lowest BCUT2D eigenvalue weighted by Crippen LogP contribution is -2.39. The van der Waals surface area contributed by atoms with Crippen LogP contribution in [0.2, 0.25) is 0 Å². The lowest BCUT2D eigenvalue weighted by Gasteiger charge is -2.33. The Morgan fingerprint density at radius 3 is 2.58 bits per heavy atom. The molecule has 0 spiro atoms. The summed E-state index contributed by atoms with van der Waals surface area (Å²) in [4.78, 5) is 39.5. The average molecular weight is 581 g/mol. The molecule has 0 unspecified atom stereocenters. The molecule has 0 saturated carbocycles. The zero-order valence-electron chi connectivity index (χ0n) is 24.9. The summed E-state index contributed by atoms with van der Waals surface area (Å²) in [5.74, 6) is 1.76. The quantitative estimate of drug-likeness (QED) is 0.306. The number of nitrogens with zero attached hydrogens (tertiary/aromatic N) is 7. The molecule has 5 heterocycles. The fourth-order valence-corrected chi connectivity index (χ4v) is 6.04. The van der Waals surface area contributed by atoms with E-state index in [1.807, 2.05) is 73.0 Å². The fraction of sp³-hybridized carbons (Fsp3) is 0.375. The van der Waals surface area contributed by atoms with Gasteiger partial charge in [-0.25, -0.2) is 14.8 Å². The van der Waals surface area contributed by atoms with Gasteiger partial charge in [-0.3, -0.25) is 14.3 Å². The SMILES string of the molecule is CC(C)(CCc1nc(N2CCCC2(C)C)cc2c1CN(c1cccc(-c3nncn3-c3ccccc3)n1)C2=O)OC(N)=O. The molecular weight excluding hydrogens is 544 g/mol. The number of hydrogen-bond donors (Lipinski definition) is 1. The Morgan fingerprint density at radius 1 is 1.07 bits per heavy atom. The molecule has 1 fully saturated rings. The van der Waals surface area contributed by atoms with Crippen LogP contribution in [-0.2, 0) is 17.7 Å². The fourth-order valence-electron chi connectivity index (χ4n) is 6.04. The third-order valence-electron chi connectivity index (χ3n) is 8.33. The van der Waals surface area contributed by atoms with Crippen LogP contribution in [0.1, 0.15) is 68.6 Å². The van der Waals surface area contributed by atoms with E-state index in [1.54, 1.807) is 11.2 Å². The van der Waals surface area contributed by atoms with Crippen LogP contribution in [0.4, 0.5) is 16.4 Å². The second kappa shape index (κ2) is 10.8. The summed E-state index contributed by atoms with van der Waals surface area (Å²) in [6.45, 7) is 9.27. The van der Waals surface area contributed by atoms with Crippen LogP contribution in [0.25, 0.3) is 17.2 Å². The van der Waals surface area contributed by atoms with Crippen molar-refractivity contribution in [3.63, 3.8) is 0 Å². The molecule has 0 atom stereocenters. The van der Waals surface area contributed by atoms with Crippen LogP contribution in [0.15, 0.2) is 60.9 Å². The minimum absolute atomic E-state index is 0.0706. The predicted octanol–water partition coefficient (Wildman–Crippen LogP) is 5.07. The van der Waals surface area contributed by atoms with E-state index in [0.29, 0.717) is 42.3 Å². The molecule has 0 aliphatic carbocycles. The molecule has 0 bridgehead atoms. The first-order valence-electron chi connectivity index (χ1n) is 14.6. The van der Waals surface area contributed by atoms with Gasteiger partial charge in [-0.1, -0.05) is 24.3 Å². The minimum Gasteiger partial charge on any atom is -0.444 e. The number of rotatable bonds is 8. The van der Waals surface area contributed by atoms with E-state index in [0.717, 1.165) is 42.1 Å². The van der Waals surface area contributed by atoms with Gasteiger partial charge >= 0.3 is 6.09 Å². The minimum atomic E-state index is -0.814. The highest BCUT2D eigenvalue weighted by Crippen LogP contribution is 2.38. The van der Waals surface area contributed by atoms with Gasteiger partial charge in [0.05, 0.1) is 12.1 Å². The number of ether oxygens (including phenoxy) is 1. The van der Waals surface area contributed by atoms with Gasteiger partial charge in [0.15, 0.2) is 5.82 Å². The molecule has 2 amide bonds. The van der Waals surface area contributed by atoms with Gasteiger partial charge in [-0.2, -0.15) is 0 Å². The monoisotopic (exact) mass is 580 g/mol. The van der Waals surface area contributed by atoms with Crippen LogP contribution in [0.5, 0.6) is 0 Å². The molecule has 2 aliphatic heterocycles. The van der Waals surface area contributed by atoms with Crippen molar-refractivity contribution in [3.05, 3.63) is 77.7 Å². The van der Waals surface area contributed by atoms with Crippen LogP contribution < -0.4 is 15.5 Å². The van der Waals surface area contributed by atoms with E-state index in [4.69, 9.17) is 20.4 Å². The Labute approximate surface area is 250 Å². The van der Waals surface area contributed by atoms with Crippen molar-refractivity contribution >= 4 is 23.6 Å². The molecular formula is C32H36N8O3. The van der Waals surface area contributed by atoms with Crippen molar-refractivity contribution < 1.29 is 14.3 Å². The zero-order valence-corrected chi connectivity index (χ0v) is 24.9. The third kappa shape index (κ3) is 5.54. The summed E-state index contributed by atoms with van der Waals surface area (Å²) in [6.07, 6.45) is 3.96. The highest BCUT2D eigenvalue weighted by Gasteiger charge is 2.38. The number of fused-ring (bicyclic) bond motifs is 1. The summed E-state index contributed by atoms with van der Waals surface area (Å²) >= 11 is 0. The molecule has 1 saturated heterocycles. The number of primary amides is 1. The Morgan fingerprint density at radius 2 is 1.86 bits per heavy atom. The van der Waals surface area contributed by atoms with Crippen LogP contribution in [-0.4, -0.2) is 54.4 Å². The van der Waals surface area contributed by atoms with E-state index in [2.05, 4.69) is 28.9 Å². The number of anilines is 2. The number of benzene rings is 1. The van der Waals surface area contributed by atoms with E-state index in [1.165, 1.54) is 0 Å². The van der Waals surface area contributed by atoms with Gasteiger partial charge in [0.25, 0.3) is 5.91 Å². The maximum absolute atomic E-state index is 14.0. The van der Waals surface area contributed by atoms with Crippen molar-refractivity contribution in [1.82, 2.24) is 24.7 Å². The number of amides is 2. The number of pyridine rings is 2. The van der Waals surface area contributed by atoms with E-state index >= 15 is 0 Å². The standard InChI is InChI=1S/C32H36N8O3/c1-31(2)15-9-17-40(31)27-18-22-23(24(35-27)14-16-32(3,4)43-30(33)42)19-38(29(22)41)26-13-8-12-25(36-26)28-37-34-20-39(28)21-10-6-5-7-11-21/h5-8,10-13,18,20H,9,14-17,19H2,1-4H3,(H2,33,42). The summed E-state index contributed by atoms with van der Waals surface area (Å²) < 4.78 is 7.21. The molecule has 43 heavy (non-hydrogen) atoms. The predicted molar refractivity (Wildman–Crippen MR) is 163 cm³/mol. The third-order valence-corrected chi connectivity index (χ3v) is 8.33. The number of hydrogen-bond acceptors (Lipinski definition) is 8. The first-order valence-corrected chi connectivity index (χ1v) is 14.6. The van der Waals surface area contributed by atoms with Gasteiger partial charge in [-0.15, -0.1) is 10.2 Å². The zero-order chi connectivity index (χ0) is 30.4. The number of aromatic nitrogens is 5. The van der Waals surface area contributed by atoms with E-state index in [-0.39, 0.29) is 11.4 Å². The molecule has 1 aromatic carbocycles. The van der Waals surface area contributed by atoms with Gasteiger partial charge in [0.2, 0.25) is 0 Å². The highest BCUT2D eigenvalue weighted by molar-refractivity contribution is 6.10. The molecule has 4 aromatic rings. The topological polar surface area (TPSA) is 132 Å². The Hall–Kier alpha value is -4.80. The average Bonchev–Trinajstić information content (AvgIpc) is 3.69. The lowest BCUT2D eigenvalue weighted by molar-refractivity contribution is 0.0392. The number of nitrogens with two attached hydrogens (primary N) is 1. The van der Waals surface area contributed by atoms with Crippen molar-refractivity contribution in [3.8, 4) is 17.2 Å². The van der Waals surface area contributed by atoms with Crippen molar-refractivity contribution in [1.29, 1.82) is 0 Å². The van der Waals surface area contributed by atoms with Crippen molar-refractivity contribution in [2.75, 3.05) is 16.3 Å². The molecule has 11 heteroatoms. The molecule has 0 radical (unpaired) electrons. The highest BCUT2D eigenvalue weighted by atomic mass is 16.6. The first-order chi connectivity index (χ1) is 20.5. The van der Waals surface area contributed by atoms with Gasteiger partial charge in [-0.05, 0) is 83.7 Å². The number of carbonyl (C=O) groups excluding carboxylic acids is 2. The molecule has 2 N–H and O–H groups in total. The van der Waals surface area contributed by atoms with E-state index in [9.17, 15) is 9.59 Å². The maximum atomic E-state index is 14.0. The normalized spacial score (nSPS) is 16.0. The Bertz CT molecular complexity index is 1680. The summed E-state index contributed by atoms with van der Waals surface area (Å²) in [5.41, 5.74) is 8.27. The molecule has 222 valence electrons. The van der Waals surface area contributed by atoms with Crippen LogP contribution in [0.3, 0.4) is 0 Å².